The maximum absolute atomic E-state index is 12.8. The number of nitrogens with zero attached hydrogens (tertiary/aromatic N) is 1. The highest BCUT2D eigenvalue weighted by Gasteiger charge is 2.26. The van der Waals surface area contributed by atoms with E-state index in [9.17, 15) is 14.3 Å². The summed E-state index contributed by atoms with van der Waals surface area (Å²) >= 11 is 0. The zero-order chi connectivity index (χ0) is 44.8. The van der Waals surface area contributed by atoms with Crippen molar-refractivity contribution in [3.05, 3.63) is 36.5 Å². The Hall–Kier alpha value is -1.28. The lowest BCUT2D eigenvalue weighted by molar-refractivity contribution is -0.870. The highest BCUT2D eigenvalue weighted by atomic mass is 31.2. The number of allylic oxidation sites excluding steroid dienone is 6. The van der Waals surface area contributed by atoms with Crippen LogP contribution in [0.1, 0.15) is 232 Å². The molecule has 0 heterocycles. The molecule has 1 N–H and O–H groups in total. The number of quaternary nitrogens is 1. The van der Waals surface area contributed by atoms with E-state index in [2.05, 4.69) is 50.3 Å². The predicted octanol–water partition coefficient (Wildman–Crippen LogP) is 15.7. The molecule has 0 aromatic carbocycles. The molecule has 0 rings (SSSR count). The van der Waals surface area contributed by atoms with Gasteiger partial charge in [0, 0.05) is 13.0 Å². The average molecular weight is 883 g/mol. The summed E-state index contributed by atoms with van der Waals surface area (Å²) in [4.78, 5) is 23.0. The number of hydrogen-bond acceptors (Lipinski definition) is 6. The van der Waals surface area contributed by atoms with Crippen LogP contribution in [0.4, 0.5) is 0 Å². The van der Waals surface area contributed by atoms with E-state index in [0.717, 1.165) is 38.5 Å². The van der Waals surface area contributed by atoms with Gasteiger partial charge < -0.3 is 18.9 Å². The molecule has 0 aromatic rings. The van der Waals surface area contributed by atoms with Crippen molar-refractivity contribution in [1.82, 2.24) is 0 Å². The van der Waals surface area contributed by atoms with Crippen LogP contribution in [0.5, 0.6) is 0 Å². The second-order valence-corrected chi connectivity index (χ2v) is 20.0. The molecule has 2 unspecified atom stereocenters. The summed E-state index contributed by atoms with van der Waals surface area (Å²) in [5.74, 6) is -0.317. The molecule has 2 atom stereocenters. The van der Waals surface area contributed by atoms with Gasteiger partial charge in [0.2, 0.25) is 0 Å². The third-order valence-electron chi connectivity index (χ3n) is 11.2. The minimum atomic E-state index is -4.28. The van der Waals surface area contributed by atoms with E-state index in [4.69, 9.17) is 18.5 Å². The van der Waals surface area contributed by atoms with Crippen molar-refractivity contribution in [2.45, 2.75) is 238 Å². The van der Waals surface area contributed by atoms with Gasteiger partial charge in [0.25, 0.3) is 0 Å². The van der Waals surface area contributed by atoms with E-state index in [0.29, 0.717) is 24.1 Å². The van der Waals surface area contributed by atoms with E-state index in [-0.39, 0.29) is 25.8 Å². The van der Waals surface area contributed by atoms with Crippen LogP contribution in [0.25, 0.3) is 0 Å². The minimum Gasteiger partial charge on any atom is -0.457 e. The maximum Gasteiger partial charge on any atom is 0.472 e. The number of carbonyl (C=O) groups excluding carboxylic acids is 1. The second kappa shape index (κ2) is 45.3. The first-order valence-electron chi connectivity index (χ1n) is 25.7. The van der Waals surface area contributed by atoms with Gasteiger partial charge in [-0.1, -0.05) is 192 Å². The van der Waals surface area contributed by atoms with Crippen molar-refractivity contribution in [1.29, 1.82) is 0 Å². The Balaban J connectivity index is 4.15. The number of phosphoric ester groups is 1. The lowest BCUT2D eigenvalue weighted by atomic mass is 10.1. The van der Waals surface area contributed by atoms with Gasteiger partial charge in [-0.15, -0.1) is 0 Å². The van der Waals surface area contributed by atoms with Crippen molar-refractivity contribution >= 4 is 13.8 Å². The molecule has 0 aliphatic rings. The number of phosphoric acid groups is 1. The summed E-state index contributed by atoms with van der Waals surface area (Å²) in [6.45, 7) is 5.63. The largest absolute Gasteiger partial charge is 0.472 e. The number of hydrogen-bond donors (Lipinski definition) is 1. The third-order valence-corrected chi connectivity index (χ3v) is 12.2. The maximum atomic E-state index is 12.8. The van der Waals surface area contributed by atoms with Crippen LogP contribution >= 0.6 is 7.82 Å². The number of carbonyl (C=O) groups is 1. The molecule has 0 radical (unpaired) electrons. The normalized spacial score (nSPS) is 13.9. The topological polar surface area (TPSA) is 91.3 Å². The Morgan fingerprint density at radius 2 is 0.902 bits per heavy atom. The van der Waals surface area contributed by atoms with Gasteiger partial charge in [0.1, 0.15) is 19.3 Å². The van der Waals surface area contributed by atoms with Crippen molar-refractivity contribution < 1.29 is 37.3 Å². The monoisotopic (exact) mass is 883 g/mol. The summed E-state index contributed by atoms with van der Waals surface area (Å²) in [5.41, 5.74) is 0. The molecule has 61 heavy (non-hydrogen) atoms. The first-order chi connectivity index (χ1) is 29.6. The molecule has 0 aliphatic heterocycles. The zero-order valence-corrected chi connectivity index (χ0v) is 41.8. The molecule has 0 aliphatic carbocycles. The van der Waals surface area contributed by atoms with Crippen molar-refractivity contribution in [3.8, 4) is 0 Å². The van der Waals surface area contributed by atoms with E-state index in [1.54, 1.807) is 0 Å². The number of unbranched alkanes of at least 4 members (excludes halogenated alkanes) is 28. The lowest BCUT2D eigenvalue weighted by Gasteiger charge is -2.24. The van der Waals surface area contributed by atoms with Gasteiger partial charge in [-0.25, -0.2) is 4.57 Å². The molecule has 360 valence electrons. The van der Waals surface area contributed by atoms with Crippen LogP contribution in [0.3, 0.4) is 0 Å². The fourth-order valence-electron chi connectivity index (χ4n) is 7.17. The summed E-state index contributed by atoms with van der Waals surface area (Å²) in [7, 11) is 1.67. The van der Waals surface area contributed by atoms with Crippen LogP contribution in [-0.4, -0.2) is 75.6 Å². The van der Waals surface area contributed by atoms with E-state index < -0.39 is 13.9 Å². The van der Waals surface area contributed by atoms with Gasteiger partial charge >= 0.3 is 13.8 Å². The van der Waals surface area contributed by atoms with Gasteiger partial charge in [0.05, 0.1) is 34.4 Å². The Morgan fingerprint density at radius 1 is 0.508 bits per heavy atom. The van der Waals surface area contributed by atoms with Gasteiger partial charge in [-0.2, -0.15) is 0 Å². The van der Waals surface area contributed by atoms with Crippen molar-refractivity contribution in [2.75, 3.05) is 54.1 Å². The molecule has 8 nitrogen and oxygen atoms in total. The SMILES string of the molecule is CCCCCCC/C=C\C/C=C\CCCCCCCCCCCC(=O)OC(COCCCCCCCCCC/C=C\CCCCCCCC)COP(=O)(O)OCC[N+](C)(C)C. The van der Waals surface area contributed by atoms with Gasteiger partial charge in [0.15, 0.2) is 0 Å². The molecule has 0 saturated carbocycles. The molecule has 0 fully saturated rings. The summed E-state index contributed by atoms with van der Waals surface area (Å²) in [5, 5.41) is 0. The first kappa shape index (κ1) is 59.7. The Morgan fingerprint density at radius 3 is 1.34 bits per heavy atom. The Kier molecular flexibility index (Phi) is 44.3. The number of rotatable bonds is 48. The zero-order valence-electron chi connectivity index (χ0n) is 40.9. The van der Waals surface area contributed by atoms with Crippen molar-refractivity contribution in [2.24, 2.45) is 0 Å². The molecule has 0 bridgehead atoms. The number of esters is 1. The van der Waals surface area contributed by atoms with E-state index in [1.807, 2.05) is 21.1 Å². The Labute approximate surface area is 378 Å². The van der Waals surface area contributed by atoms with E-state index >= 15 is 0 Å². The molecule has 9 heteroatoms. The lowest BCUT2D eigenvalue weighted by Crippen LogP contribution is -2.37. The highest BCUT2D eigenvalue weighted by Crippen LogP contribution is 2.43. The smallest absolute Gasteiger partial charge is 0.457 e. The van der Waals surface area contributed by atoms with Crippen molar-refractivity contribution in [3.63, 3.8) is 0 Å². The molecular formula is C52H101NO7P+. The molecule has 0 saturated heterocycles. The second-order valence-electron chi connectivity index (χ2n) is 18.5. The molecule has 0 aromatic heterocycles. The Bertz CT molecular complexity index is 1070. The molecular weight excluding hydrogens is 782 g/mol. The van der Waals surface area contributed by atoms with Crippen LogP contribution in [0, 0.1) is 0 Å². The first-order valence-corrected chi connectivity index (χ1v) is 27.2. The number of likely N-dealkylation sites (N-methyl/N-ethyl adjacent to an activating group) is 1. The average Bonchev–Trinajstić information content (AvgIpc) is 3.22. The van der Waals surface area contributed by atoms with E-state index in [1.165, 1.54) is 173 Å². The molecule has 0 spiro atoms. The third kappa shape index (κ3) is 49.6. The predicted molar refractivity (Wildman–Crippen MR) is 261 cm³/mol. The fraction of sp³-hybridized carbons (Fsp3) is 0.865. The minimum absolute atomic E-state index is 0.0875. The van der Waals surface area contributed by atoms with Crippen LogP contribution < -0.4 is 0 Å². The van der Waals surface area contributed by atoms with Crippen LogP contribution in [-0.2, 0) is 27.9 Å². The van der Waals surface area contributed by atoms with Gasteiger partial charge in [-0.05, 0) is 70.6 Å². The quantitative estimate of drug-likeness (QED) is 0.0214. The van der Waals surface area contributed by atoms with Crippen LogP contribution in [0.15, 0.2) is 36.5 Å². The fourth-order valence-corrected chi connectivity index (χ4v) is 7.91. The summed E-state index contributed by atoms with van der Waals surface area (Å²) < 4.78 is 35.2. The number of ether oxygens (including phenoxy) is 2. The summed E-state index contributed by atoms with van der Waals surface area (Å²) in [6.07, 6.45) is 54.7. The van der Waals surface area contributed by atoms with Crippen LogP contribution in [0.2, 0.25) is 0 Å². The van der Waals surface area contributed by atoms with Gasteiger partial charge in [-0.3, -0.25) is 13.8 Å². The molecule has 0 amide bonds. The highest BCUT2D eigenvalue weighted by molar-refractivity contribution is 7.47. The summed E-state index contributed by atoms with van der Waals surface area (Å²) in [6, 6.07) is 0. The standard InChI is InChI=1S/C52H100NO7P/c1-6-8-10-12-14-16-18-20-22-24-26-27-28-29-31-33-35-37-39-41-43-45-52(54)60-51(50-59-61(55,56)58-48-46-53(3,4)5)49-57-47-44-42-40-38-36-34-32-30-25-23-21-19-17-15-13-11-9-7-2/h18,20-21,23-24,26,51H,6-17,19,22,25,27-50H2,1-5H3/p+1/b20-18-,23-21-,26-24-.